The molecule has 3 heterocycles. The number of rotatable bonds is 5. The lowest BCUT2D eigenvalue weighted by Crippen LogP contribution is -2.51. The zero-order valence-electron chi connectivity index (χ0n) is 17.9. The number of hydrogen-bond acceptors (Lipinski definition) is 6. The quantitative estimate of drug-likeness (QED) is 0.405. The van der Waals surface area contributed by atoms with E-state index in [1.807, 2.05) is 0 Å². The molecule has 1 aliphatic rings. The van der Waals surface area contributed by atoms with Crippen LogP contribution in [0.5, 0.6) is 11.5 Å². The van der Waals surface area contributed by atoms with E-state index >= 15 is 0 Å². The first-order valence-electron chi connectivity index (χ1n) is 10.5. The zero-order valence-corrected chi connectivity index (χ0v) is 18.7. The van der Waals surface area contributed by atoms with Gasteiger partial charge in [-0.25, -0.2) is 4.98 Å². The van der Waals surface area contributed by atoms with E-state index in [4.69, 9.17) is 9.47 Å². The van der Waals surface area contributed by atoms with E-state index in [1.165, 1.54) is 11.0 Å². The number of carbonyl (C=O) groups is 1. The van der Waals surface area contributed by atoms with Crippen molar-refractivity contribution in [3.8, 4) is 11.5 Å². The van der Waals surface area contributed by atoms with Gasteiger partial charge in [0.2, 0.25) is 6.10 Å². The van der Waals surface area contributed by atoms with Gasteiger partial charge in [0.15, 0.2) is 16.6 Å². The molecule has 0 N–H and O–H groups in total. The first kappa shape index (κ1) is 22.2. The minimum absolute atomic E-state index is 0.135. The van der Waals surface area contributed by atoms with Gasteiger partial charge in [-0.05, 0) is 37.3 Å². The first-order chi connectivity index (χ1) is 16.3. The minimum atomic E-state index is -4.56. The van der Waals surface area contributed by atoms with Crippen molar-refractivity contribution in [2.45, 2.75) is 31.9 Å². The fourth-order valence-corrected chi connectivity index (χ4v) is 4.78. The third-order valence-electron chi connectivity index (χ3n) is 5.41. The maximum Gasteiger partial charge on any atom is 0.418 e. The molecule has 2 aromatic heterocycles. The van der Waals surface area contributed by atoms with Gasteiger partial charge in [0.05, 0.1) is 22.3 Å². The number of benzene rings is 2. The number of fused-ring (bicyclic) bond motifs is 2. The van der Waals surface area contributed by atoms with Crippen LogP contribution in [0.3, 0.4) is 0 Å². The lowest BCUT2D eigenvalue weighted by atomic mass is 10.1. The highest BCUT2D eigenvalue weighted by molar-refractivity contribution is 7.22. The molecular weight excluding hydrogens is 469 g/mol. The van der Waals surface area contributed by atoms with Gasteiger partial charge in [-0.3, -0.25) is 14.4 Å². The second kappa shape index (κ2) is 8.64. The van der Waals surface area contributed by atoms with Crippen LogP contribution in [0.25, 0.3) is 10.2 Å². The van der Waals surface area contributed by atoms with Crippen molar-refractivity contribution in [3.63, 3.8) is 0 Å². The molecule has 11 heteroatoms. The fraction of sp³-hybridized carbons (Fsp3) is 0.261. The largest absolute Gasteiger partial charge is 0.482 e. The Morgan fingerprint density at radius 3 is 2.59 bits per heavy atom. The number of hydrogen-bond donors (Lipinski definition) is 0. The van der Waals surface area contributed by atoms with Crippen LogP contribution in [0.4, 0.5) is 18.3 Å². The van der Waals surface area contributed by atoms with Crippen molar-refractivity contribution in [1.29, 1.82) is 0 Å². The lowest BCUT2D eigenvalue weighted by Gasteiger charge is -2.33. The third-order valence-corrected chi connectivity index (χ3v) is 6.45. The summed E-state index contributed by atoms with van der Waals surface area (Å²) in [6.45, 7) is 2.17. The Balaban J connectivity index is 1.51. The molecule has 0 spiro atoms. The number of thiazole rings is 1. The van der Waals surface area contributed by atoms with E-state index < -0.39 is 29.9 Å². The van der Waals surface area contributed by atoms with E-state index in [-0.39, 0.29) is 17.2 Å². The monoisotopic (exact) mass is 488 g/mol. The number of nitrogens with zero attached hydrogens (tertiary/aromatic N) is 4. The summed E-state index contributed by atoms with van der Waals surface area (Å²) in [6, 6.07) is 12.6. The molecule has 0 aliphatic carbocycles. The summed E-state index contributed by atoms with van der Waals surface area (Å²) in [5.74, 6) is 0.494. The van der Waals surface area contributed by atoms with Crippen molar-refractivity contribution in [1.82, 2.24) is 14.8 Å². The molecular formula is C23H19F3N4O3S. The Hall–Kier alpha value is -3.60. The summed E-state index contributed by atoms with van der Waals surface area (Å²) in [5.41, 5.74) is -1.03. The predicted octanol–water partition coefficient (Wildman–Crippen LogP) is 4.77. The van der Waals surface area contributed by atoms with Crippen molar-refractivity contribution in [3.05, 3.63) is 66.5 Å². The van der Waals surface area contributed by atoms with Crippen LogP contribution in [-0.2, 0) is 17.5 Å². The van der Waals surface area contributed by atoms with E-state index in [9.17, 15) is 18.0 Å². The average Bonchev–Trinajstić information content (AvgIpc) is 3.47. The van der Waals surface area contributed by atoms with E-state index in [2.05, 4.69) is 10.1 Å². The number of ether oxygens (including phenoxy) is 2. The SMILES string of the molecule is C[C@@H]1Oc2ccccc2O[C@H]1C(=O)N(CCn1cccn1)c1nc2c(C(F)(F)F)cccc2s1. The van der Waals surface area contributed by atoms with E-state index in [0.717, 1.165) is 17.4 Å². The molecule has 1 amide bonds. The number of carbonyl (C=O) groups excluding carboxylic acids is 1. The highest BCUT2D eigenvalue weighted by atomic mass is 32.1. The minimum Gasteiger partial charge on any atom is -0.482 e. The van der Waals surface area contributed by atoms with Crippen LogP contribution < -0.4 is 14.4 Å². The molecule has 1 aliphatic heterocycles. The molecule has 7 nitrogen and oxygen atoms in total. The molecule has 5 rings (SSSR count). The Labute approximate surface area is 196 Å². The van der Waals surface area contributed by atoms with Crippen molar-refractivity contribution in [2.75, 3.05) is 11.4 Å². The molecule has 0 saturated heterocycles. The van der Waals surface area contributed by atoms with Gasteiger partial charge in [0.25, 0.3) is 5.91 Å². The molecule has 2 aromatic carbocycles. The van der Waals surface area contributed by atoms with Crippen LogP contribution in [-0.4, -0.2) is 39.4 Å². The maximum atomic E-state index is 13.7. The van der Waals surface area contributed by atoms with Crippen LogP contribution in [0.15, 0.2) is 60.9 Å². The summed E-state index contributed by atoms with van der Waals surface area (Å²) in [4.78, 5) is 19.3. The maximum absolute atomic E-state index is 13.7. The summed E-state index contributed by atoms with van der Waals surface area (Å²) in [5, 5.41) is 4.30. The van der Waals surface area contributed by atoms with Gasteiger partial charge < -0.3 is 9.47 Å². The number of amides is 1. The highest BCUT2D eigenvalue weighted by Gasteiger charge is 2.39. The van der Waals surface area contributed by atoms with Crippen molar-refractivity contribution >= 4 is 32.6 Å². The Morgan fingerprint density at radius 1 is 1.12 bits per heavy atom. The summed E-state index contributed by atoms with van der Waals surface area (Å²) < 4.78 is 54.4. The van der Waals surface area contributed by atoms with Gasteiger partial charge in [-0.15, -0.1) is 0 Å². The topological polar surface area (TPSA) is 69.5 Å². The average molecular weight is 488 g/mol. The molecule has 2 atom stereocenters. The van der Waals surface area contributed by atoms with Crippen LogP contribution in [0.1, 0.15) is 12.5 Å². The number of aromatic nitrogens is 3. The van der Waals surface area contributed by atoms with Gasteiger partial charge in [0.1, 0.15) is 6.10 Å². The lowest BCUT2D eigenvalue weighted by molar-refractivity contribution is -0.136. The Bertz CT molecular complexity index is 1320. The third kappa shape index (κ3) is 4.18. The second-order valence-corrected chi connectivity index (χ2v) is 8.72. The number of anilines is 1. The summed E-state index contributed by atoms with van der Waals surface area (Å²) >= 11 is 1.02. The van der Waals surface area contributed by atoms with Crippen molar-refractivity contribution < 1.29 is 27.4 Å². The van der Waals surface area contributed by atoms with Crippen molar-refractivity contribution in [2.24, 2.45) is 0 Å². The van der Waals surface area contributed by atoms with Crippen LogP contribution in [0.2, 0.25) is 0 Å². The number of halogens is 3. The molecule has 0 bridgehead atoms. The Kier molecular flexibility index (Phi) is 5.64. The smallest absolute Gasteiger partial charge is 0.418 e. The zero-order chi connectivity index (χ0) is 23.9. The molecule has 0 saturated carbocycles. The predicted molar refractivity (Wildman–Crippen MR) is 120 cm³/mol. The van der Waals surface area contributed by atoms with E-state index in [1.54, 1.807) is 60.4 Å². The highest BCUT2D eigenvalue weighted by Crippen LogP contribution is 2.39. The fourth-order valence-electron chi connectivity index (χ4n) is 3.76. The summed E-state index contributed by atoms with van der Waals surface area (Å²) in [7, 11) is 0. The molecule has 34 heavy (non-hydrogen) atoms. The van der Waals surface area contributed by atoms with Gasteiger partial charge >= 0.3 is 6.18 Å². The Morgan fingerprint density at radius 2 is 1.88 bits per heavy atom. The van der Waals surface area contributed by atoms with Gasteiger partial charge in [-0.1, -0.05) is 29.5 Å². The second-order valence-electron chi connectivity index (χ2n) is 7.71. The molecule has 0 radical (unpaired) electrons. The van der Waals surface area contributed by atoms with Gasteiger partial charge in [-0.2, -0.15) is 18.3 Å². The first-order valence-corrected chi connectivity index (χ1v) is 11.3. The normalized spacial score (nSPS) is 17.6. The molecule has 4 aromatic rings. The molecule has 0 unspecified atom stereocenters. The summed E-state index contributed by atoms with van der Waals surface area (Å²) in [6.07, 6.45) is -2.83. The van der Waals surface area contributed by atoms with E-state index in [0.29, 0.717) is 22.7 Å². The van der Waals surface area contributed by atoms with Crippen LogP contribution in [0, 0.1) is 0 Å². The number of alkyl halides is 3. The molecule has 0 fully saturated rings. The number of para-hydroxylation sites is 3. The molecule has 176 valence electrons. The standard InChI is InChI=1S/C23H19F3N4O3S/c1-14-20(33-17-8-3-2-7-16(17)32-14)21(31)30(13-12-29-11-5-10-27-29)22-28-19-15(23(24,25)26)6-4-9-18(19)34-22/h2-11,14,20H,12-13H2,1H3/t14-,20+/m0/s1. The van der Waals surface area contributed by atoms with Gasteiger partial charge in [0, 0.05) is 18.9 Å². The van der Waals surface area contributed by atoms with Crippen LogP contribution >= 0.6 is 11.3 Å².